The molecule has 0 spiro atoms. The van der Waals surface area contributed by atoms with Gasteiger partial charge in [0, 0.05) is 4.47 Å². The first kappa shape index (κ1) is 14.5. The lowest BCUT2D eigenvalue weighted by Crippen LogP contribution is -2.16. The minimum atomic E-state index is -1.15. The van der Waals surface area contributed by atoms with E-state index in [1.807, 2.05) is 5.32 Å². The molecule has 0 aliphatic carbocycles. The number of carbonyl (C=O) groups excluding carboxylic acids is 1. The highest BCUT2D eigenvalue weighted by Crippen LogP contribution is 2.24. The smallest absolute Gasteiger partial charge is 0.258 e. The van der Waals surface area contributed by atoms with Gasteiger partial charge in [-0.1, -0.05) is 15.9 Å². The second-order valence-corrected chi connectivity index (χ2v) is 4.74. The Bertz CT molecular complexity index is 667. The van der Waals surface area contributed by atoms with E-state index in [0.29, 0.717) is 6.07 Å². The van der Waals surface area contributed by atoms with Crippen LogP contribution in [-0.4, -0.2) is 5.91 Å². The van der Waals surface area contributed by atoms with Gasteiger partial charge in [0.25, 0.3) is 5.91 Å². The van der Waals surface area contributed by atoms with Gasteiger partial charge >= 0.3 is 0 Å². The molecule has 7 heteroatoms. The van der Waals surface area contributed by atoms with Crippen LogP contribution in [0.25, 0.3) is 0 Å². The maximum Gasteiger partial charge on any atom is 0.258 e. The van der Waals surface area contributed by atoms with Gasteiger partial charge in [0.15, 0.2) is 11.6 Å². The normalized spacial score (nSPS) is 10.4. The standard InChI is InChI=1S/C13H6BrF4NO/c14-6-3-10(17)12(11(18)4-6)19-13(20)8-5-7(15)1-2-9(8)16/h1-5H,(H,19,20). The molecule has 1 N–H and O–H groups in total. The molecule has 0 aromatic heterocycles. The molecule has 0 saturated heterocycles. The van der Waals surface area contributed by atoms with Crippen LogP contribution in [0.3, 0.4) is 0 Å². The number of benzene rings is 2. The maximum atomic E-state index is 13.5. The molecular weight excluding hydrogens is 342 g/mol. The van der Waals surface area contributed by atoms with Gasteiger partial charge in [-0.25, -0.2) is 17.6 Å². The minimum Gasteiger partial charge on any atom is -0.317 e. The van der Waals surface area contributed by atoms with E-state index in [2.05, 4.69) is 15.9 Å². The van der Waals surface area contributed by atoms with Crippen LogP contribution in [0, 0.1) is 23.3 Å². The highest BCUT2D eigenvalue weighted by Gasteiger charge is 2.17. The number of anilines is 1. The Hall–Kier alpha value is -1.89. The largest absolute Gasteiger partial charge is 0.317 e. The first-order chi connectivity index (χ1) is 9.38. The number of halogens is 5. The zero-order chi connectivity index (χ0) is 14.9. The molecule has 0 heterocycles. The molecule has 2 aromatic carbocycles. The molecule has 2 rings (SSSR count). The van der Waals surface area contributed by atoms with E-state index in [4.69, 9.17) is 0 Å². The van der Waals surface area contributed by atoms with Crippen molar-refractivity contribution in [1.82, 2.24) is 0 Å². The monoisotopic (exact) mass is 347 g/mol. The predicted molar refractivity (Wildman–Crippen MR) is 68.4 cm³/mol. The molecule has 0 atom stereocenters. The predicted octanol–water partition coefficient (Wildman–Crippen LogP) is 4.26. The van der Waals surface area contributed by atoms with Gasteiger partial charge in [-0.05, 0) is 30.3 Å². The van der Waals surface area contributed by atoms with Crippen molar-refractivity contribution < 1.29 is 22.4 Å². The Labute approximate surface area is 119 Å². The lowest BCUT2D eigenvalue weighted by molar-refractivity contribution is 0.102. The molecule has 20 heavy (non-hydrogen) atoms. The van der Waals surface area contributed by atoms with Crippen molar-refractivity contribution in [1.29, 1.82) is 0 Å². The fourth-order valence-corrected chi connectivity index (χ4v) is 1.92. The molecule has 0 saturated carbocycles. The number of rotatable bonds is 2. The third-order valence-corrected chi connectivity index (χ3v) is 2.88. The summed E-state index contributed by atoms with van der Waals surface area (Å²) in [5, 5.41) is 1.87. The van der Waals surface area contributed by atoms with Crippen LogP contribution in [-0.2, 0) is 0 Å². The van der Waals surface area contributed by atoms with Crippen LogP contribution in [0.4, 0.5) is 23.2 Å². The minimum absolute atomic E-state index is 0.141. The summed E-state index contributed by atoms with van der Waals surface area (Å²) >= 11 is 2.88. The molecular formula is C13H6BrF4NO. The van der Waals surface area contributed by atoms with Crippen LogP contribution < -0.4 is 5.32 Å². The summed E-state index contributed by atoms with van der Waals surface area (Å²) < 4.78 is 53.5. The Balaban J connectivity index is 2.35. The molecule has 0 aliphatic rings. The molecule has 0 fully saturated rings. The summed E-state index contributed by atoms with van der Waals surface area (Å²) in [5.74, 6) is -5.07. The summed E-state index contributed by atoms with van der Waals surface area (Å²) in [5.41, 5.74) is -1.38. The van der Waals surface area contributed by atoms with Crippen molar-refractivity contribution in [3.63, 3.8) is 0 Å². The Morgan fingerprint density at radius 1 is 0.950 bits per heavy atom. The lowest BCUT2D eigenvalue weighted by Gasteiger charge is -2.09. The highest BCUT2D eigenvalue weighted by atomic mass is 79.9. The van der Waals surface area contributed by atoms with Crippen molar-refractivity contribution in [2.45, 2.75) is 0 Å². The van der Waals surface area contributed by atoms with Gasteiger partial charge < -0.3 is 5.32 Å². The van der Waals surface area contributed by atoms with E-state index in [0.717, 1.165) is 24.3 Å². The molecule has 104 valence electrons. The Kier molecular flexibility index (Phi) is 4.08. The van der Waals surface area contributed by atoms with Crippen molar-refractivity contribution >= 4 is 27.5 Å². The fraction of sp³-hybridized carbons (Fsp3) is 0. The SMILES string of the molecule is O=C(Nc1c(F)cc(Br)cc1F)c1cc(F)ccc1F. The zero-order valence-electron chi connectivity index (χ0n) is 9.68. The van der Waals surface area contributed by atoms with Crippen LogP contribution in [0.15, 0.2) is 34.8 Å². The maximum absolute atomic E-state index is 13.5. The number of hydrogen-bond donors (Lipinski definition) is 1. The van der Waals surface area contributed by atoms with Gasteiger partial charge in [0.2, 0.25) is 0 Å². The van der Waals surface area contributed by atoms with Crippen molar-refractivity contribution in [2.75, 3.05) is 5.32 Å². The third kappa shape index (κ3) is 2.98. The van der Waals surface area contributed by atoms with Crippen molar-refractivity contribution in [2.24, 2.45) is 0 Å². The molecule has 2 nitrogen and oxygen atoms in total. The lowest BCUT2D eigenvalue weighted by atomic mass is 10.2. The number of amides is 1. The van der Waals surface area contributed by atoms with E-state index in [-0.39, 0.29) is 4.47 Å². The topological polar surface area (TPSA) is 29.1 Å². The molecule has 0 radical (unpaired) electrons. The van der Waals surface area contributed by atoms with Crippen LogP contribution in [0.2, 0.25) is 0 Å². The van der Waals surface area contributed by atoms with Gasteiger partial charge in [-0.2, -0.15) is 0 Å². The number of carbonyl (C=O) groups is 1. The van der Waals surface area contributed by atoms with Gasteiger partial charge in [0.05, 0.1) is 5.56 Å². The van der Waals surface area contributed by atoms with Crippen molar-refractivity contribution in [3.8, 4) is 0 Å². The first-order valence-corrected chi connectivity index (χ1v) is 6.08. The molecule has 0 bridgehead atoms. The van der Waals surface area contributed by atoms with Gasteiger partial charge in [-0.3, -0.25) is 4.79 Å². The first-order valence-electron chi connectivity index (χ1n) is 5.29. The van der Waals surface area contributed by atoms with Crippen LogP contribution in [0.5, 0.6) is 0 Å². The quantitative estimate of drug-likeness (QED) is 0.808. The second-order valence-electron chi connectivity index (χ2n) is 3.82. The average Bonchev–Trinajstić information content (AvgIpc) is 2.36. The van der Waals surface area contributed by atoms with Gasteiger partial charge in [0.1, 0.15) is 17.3 Å². The van der Waals surface area contributed by atoms with E-state index in [1.54, 1.807) is 0 Å². The van der Waals surface area contributed by atoms with E-state index in [9.17, 15) is 22.4 Å². The summed E-state index contributed by atoms with van der Waals surface area (Å²) in [6.07, 6.45) is 0. The summed E-state index contributed by atoms with van der Waals surface area (Å²) in [6, 6.07) is 4.08. The third-order valence-electron chi connectivity index (χ3n) is 2.42. The molecule has 1 amide bonds. The summed E-state index contributed by atoms with van der Waals surface area (Å²) in [6.45, 7) is 0. The fourth-order valence-electron chi connectivity index (χ4n) is 1.51. The summed E-state index contributed by atoms with van der Waals surface area (Å²) in [7, 11) is 0. The van der Waals surface area contributed by atoms with Crippen molar-refractivity contribution in [3.05, 3.63) is 63.6 Å². The van der Waals surface area contributed by atoms with Gasteiger partial charge in [-0.15, -0.1) is 0 Å². The van der Waals surface area contributed by atoms with E-state index < -0.39 is 40.4 Å². The zero-order valence-corrected chi connectivity index (χ0v) is 11.3. The summed E-state index contributed by atoms with van der Waals surface area (Å²) in [4.78, 5) is 11.7. The van der Waals surface area contributed by atoms with E-state index in [1.165, 1.54) is 0 Å². The van der Waals surface area contributed by atoms with Crippen LogP contribution >= 0.6 is 15.9 Å². The highest BCUT2D eigenvalue weighted by molar-refractivity contribution is 9.10. The Morgan fingerprint density at radius 2 is 1.55 bits per heavy atom. The number of hydrogen-bond acceptors (Lipinski definition) is 1. The van der Waals surface area contributed by atoms with Crippen LogP contribution in [0.1, 0.15) is 10.4 Å². The molecule has 0 aliphatic heterocycles. The average molecular weight is 348 g/mol. The molecule has 0 unspecified atom stereocenters. The number of nitrogens with one attached hydrogen (secondary N) is 1. The molecule has 2 aromatic rings. The van der Waals surface area contributed by atoms with E-state index >= 15 is 0 Å². The Morgan fingerprint density at radius 3 is 2.15 bits per heavy atom. The second kappa shape index (κ2) is 5.62.